The molecule has 8 heteroatoms. The van der Waals surface area contributed by atoms with Crippen LogP contribution in [-0.2, 0) is 19.6 Å². The summed E-state index contributed by atoms with van der Waals surface area (Å²) in [5, 5.41) is 8.63. The topological polar surface area (TPSA) is 104 Å². The number of carbonyl (C=O) groups excluding carboxylic acids is 2. The predicted molar refractivity (Wildman–Crippen MR) is 98.3 cm³/mol. The Morgan fingerprint density at radius 1 is 1.07 bits per heavy atom. The molecule has 27 heavy (non-hydrogen) atoms. The molecule has 0 aliphatic rings. The van der Waals surface area contributed by atoms with Crippen LogP contribution in [0.2, 0.25) is 0 Å². The van der Waals surface area contributed by atoms with E-state index >= 15 is 0 Å². The molecule has 2 rings (SSSR count). The van der Waals surface area contributed by atoms with Crippen LogP contribution in [0, 0.1) is 18.8 Å². The predicted octanol–water partition coefficient (Wildman–Crippen LogP) is 1.09. The average Bonchev–Trinajstić information content (AvgIpc) is 2.68. The SMILES string of the molecule is Cc1ccc(C#Cc2ccc(S(=O)(=O)N(C)[C@@H](C=O)C(=O)NO)cc2)cc1. The molecule has 0 fully saturated rings. The van der Waals surface area contributed by atoms with Crippen molar-refractivity contribution in [3.63, 3.8) is 0 Å². The van der Waals surface area contributed by atoms with Crippen LogP contribution in [-0.4, -0.2) is 43.2 Å². The van der Waals surface area contributed by atoms with Crippen LogP contribution in [0.5, 0.6) is 0 Å². The zero-order valence-electron chi connectivity index (χ0n) is 14.7. The minimum atomic E-state index is -4.11. The molecule has 0 radical (unpaired) electrons. The lowest BCUT2D eigenvalue weighted by atomic mass is 10.1. The van der Waals surface area contributed by atoms with E-state index in [1.165, 1.54) is 29.7 Å². The molecule has 2 aromatic rings. The van der Waals surface area contributed by atoms with Crippen LogP contribution in [0.3, 0.4) is 0 Å². The molecule has 2 N–H and O–H groups in total. The van der Waals surface area contributed by atoms with E-state index in [0.717, 1.165) is 18.2 Å². The van der Waals surface area contributed by atoms with E-state index in [4.69, 9.17) is 5.21 Å². The number of rotatable bonds is 5. The van der Waals surface area contributed by atoms with Crippen molar-refractivity contribution in [1.29, 1.82) is 0 Å². The first-order chi connectivity index (χ1) is 12.8. The normalized spacial score (nSPS) is 12.0. The van der Waals surface area contributed by atoms with Gasteiger partial charge >= 0.3 is 0 Å². The fourth-order valence-corrected chi connectivity index (χ4v) is 3.44. The largest absolute Gasteiger partial charge is 0.301 e. The molecule has 0 spiro atoms. The first-order valence-corrected chi connectivity index (χ1v) is 9.29. The van der Waals surface area contributed by atoms with Crippen LogP contribution in [0.25, 0.3) is 0 Å². The zero-order valence-corrected chi connectivity index (χ0v) is 15.5. The minimum Gasteiger partial charge on any atom is -0.301 e. The summed E-state index contributed by atoms with van der Waals surface area (Å²) >= 11 is 0. The third-order valence-corrected chi connectivity index (χ3v) is 5.69. The van der Waals surface area contributed by atoms with Gasteiger partial charge in [-0.3, -0.25) is 10.0 Å². The Morgan fingerprint density at radius 2 is 1.56 bits per heavy atom. The van der Waals surface area contributed by atoms with Crippen molar-refractivity contribution in [3.05, 3.63) is 65.2 Å². The summed E-state index contributed by atoms with van der Waals surface area (Å²) in [6.45, 7) is 1.98. The highest BCUT2D eigenvalue weighted by Gasteiger charge is 2.32. The van der Waals surface area contributed by atoms with E-state index in [0.29, 0.717) is 9.87 Å². The van der Waals surface area contributed by atoms with Crippen molar-refractivity contribution in [2.75, 3.05) is 7.05 Å². The lowest BCUT2D eigenvalue weighted by molar-refractivity contribution is -0.135. The van der Waals surface area contributed by atoms with Crippen LogP contribution < -0.4 is 5.48 Å². The molecule has 0 saturated heterocycles. The molecule has 0 aliphatic heterocycles. The van der Waals surface area contributed by atoms with Gasteiger partial charge in [0.25, 0.3) is 5.91 Å². The molecular formula is C19H18N2O5S. The number of likely N-dealkylation sites (N-methyl/N-ethyl adjacent to an activating group) is 1. The molecule has 0 heterocycles. The molecule has 1 atom stereocenters. The van der Waals surface area contributed by atoms with Gasteiger partial charge in [-0.2, -0.15) is 4.31 Å². The molecule has 2 aromatic carbocycles. The van der Waals surface area contributed by atoms with E-state index in [9.17, 15) is 18.0 Å². The lowest BCUT2D eigenvalue weighted by Crippen LogP contribution is -2.47. The molecule has 0 saturated carbocycles. The molecule has 1 amide bonds. The number of nitrogens with zero attached hydrogens (tertiary/aromatic N) is 1. The van der Waals surface area contributed by atoms with E-state index in [-0.39, 0.29) is 11.2 Å². The number of hydrogen-bond donors (Lipinski definition) is 2. The highest BCUT2D eigenvalue weighted by atomic mass is 32.2. The van der Waals surface area contributed by atoms with Crippen molar-refractivity contribution in [3.8, 4) is 11.8 Å². The molecule has 0 aliphatic carbocycles. The Labute approximate surface area is 157 Å². The van der Waals surface area contributed by atoms with Crippen LogP contribution in [0.15, 0.2) is 53.4 Å². The number of aryl methyl sites for hydroxylation is 1. The highest BCUT2D eigenvalue weighted by molar-refractivity contribution is 7.89. The smallest absolute Gasteiger partial charge is 0.269 e. The fourth-order valence-electron chi connectivity index (χ4n) is 2.19. The Kier molecular flexibility index (Phi) is 6.47. The number of carbonyl (C=O) groups is 2. The molecule has 0 aromatic heterocycles. The van der Waals surface area contributed by atoms with Crippen LogP contribution in [0.1, 0.15) is 16.7 Å². The zero-order chi connectivity index (χ0) is 20.0. The second-order valence-electron chi connectivity index (χ2n) is 5.72. The Balaban J connectivity index is 2.24. The average molecular weight is 386 g/mol. The third kappa shape index (κ3) is 4.80. The van der Waals surface area contributed by atoms with E-state index in [1.807, 2.05) is 31.2 Å². The number of hydrogen-bond acceptors (Lipinski definition) is 5. The van der Waals surface area contributed by atoms with Crippen molar-refractivity contribution in [2.45, 2.75) is 17.9 Å². The first kappa shape index (κ1) is 20.3. The molecule has 7 nitrogen and oxygen atoms in total. The van der Waals surface area contributed by atoms with Gasteiger partial charge < -0.3 is 4.79 Å². The fraction of sp³-hybridized carbons (Fsp3) is 0.158. The van der Waals surface area contributed by atoms with Gasteiger partial charge in [-0.05, 0) is 43.3 Å². The Hall–Kier alpha value is -2.99. The second-order valence-corrected chi connectivity index (χ2v) is 7.72. The maximum absolute atomic E-state index is 12.5. The van der Waals surface area contributed by atoms with Gasteiger partial charge in [0.15, 0.2) is 6.04 Å². The van der Waals surface area contributed by atoms with Crippen LogP contribution >= 0.6 is 0 Å². The van der Waals surface area contributed by atoms with E-state index in [1.54, 1.807) is 0 Å². The number of aldehydes is 1. The standard InChI is InChI=1S/C19H18N2O5S/c1-14-3-5-15(6-4-14)7-8-16-9-11-17(12-10-16)27(25,26)21(2)18(13-22)19(23)20-24/h3-6,9-13,18,24H,1-2H3,(H,20,23)/t18-/m0/s1. The number of amides is 1. The summed E-state index contributed by atoms with van der Waals surface area (Å²) in [6.07, 6.45) is 0.129. The number of nitrogens with one attached hydrogen (secondary N) is 1. The van der Waals surface area contributed by atoms with Gasteiger partial charge in [-0.15, -0.1) is 0 Å². The van der Waals surface area contributed by atoms with E-state index in [2.05, 4.69) is 11.8 Å². The number of hydroxylamine groups is 1. The quantitative estimate of drug-likeness (QED) is 0.263. The molecular weight excluding hydrogens is 368 g/mol. The van der Waals surface area contributed by atoms with Crippen molar-refractivity contribution >= 4 is 22.2 Å². The maximum atomic E-state index is 12.5. The lowest BCUT2D eigenvalue weighted by Gasteiger charge is -2.21. The van der Waals surface area contributed by atoms with Gasteiger partial charge in [-0.1, -0.05) is 29.5 Å². The number of benzene rings is 2. The summed E-state index contributed by atoms with van der Waals surface area (Å²) in [7, 11) is -3.03. The van der Waals surface area contributed by atoms with Gasteiger partial charge in [0, 0.05) is 18.2 Å². The third-order valence-electron chi connectivity index (χ3n) is 3.83. The minimum absolute atomic E-state index is 0.108. The van der Waals surface area contributed by atoms with Crippen molar-refractivity contribution in [1.82, 2.24) is 9.79 Å². The van der Waals surface area contributed by atoms with Crippen LogP contribution in [0.4, 0.5) is 0 Å². The summed E-state index contributed by atoms with van der Waals surface area (Å²) in [4.78, 5) is 22.4. The van der Waals surface area contributed by atoms with Crippen molar-refractivity contribution in [2.24, 2.45) is 0 Å². The molecule has 140 valence electrons. The summed E-state index contributed by atoms with van der Waals surface area (Å²) in [5.41, 5.74) is 3.84. The Morgan fingerprint density at radius 3 is 2.00 bits per heavy atom. The van der Waals surface area contributed by atoms with Crippen molar-refractivity contribution < 1.29 is 23.2 Å². The van der Waals surface area contributed by atoms with Gasteiger partial charge in [0.1, 0.15) is 6.29 Å². The summed E-state index contributed by atoms with van der Waals surface area (Å²) < 4.78 is 25.7. The molecule has 0 bridgehead atoms. The summed E-state index contributed by atoms with van der Waals surface area (Å²) in [5.74, 6) is 4.78. The molecule has 0 unspecified atom stereocenters. The second kappa shape index (κ2) is 8.60. The maximum Gasteiger partial charge on any atom is 0.269 e. The number of sulfonamides is 1. The van der Waals surface area contributed by atoms with Gasteiger partial charge in [-0.25, -0.2) is 13.9 Å². The first-order valence-electron chi connectivity index (χ1n) is 7.85. The monoisotopic (exact) mass is 386 g/mol. The summed E-state index contributed by atoms with van der Waals surface area (Å²) in [6, 6.07) is 11.7. The van der Waals surface area contributed by atoms with Gasteiger partial charge in [0.05, 0.1) is 4.90 Å². The Bertz CT molecular complexity index is 987. The van der Waals surface area contributed by atoms with Gasteiger partial charge in [0.2, 0.25) is 10.0 Å². The highest BCUT2D eigenvalue weighted by Crippen LogP contribution is 2.17. The van der Waals surface area contributed by atoms with E-state index < -0.39 is 22.0 Å².